The van der Waals surface area contributed by atoms with Crippen LogP contribution in [0.5, 0.6) is 0 Å². The van der Waals surface area contributed by atoms with Crippen molar-refractivity contribution < 1.29 is 4.79 Å². The van der Waals surface area contributed by atoms with Crippen LogP contribution in [0, 0.1) is 18.8 Å². The Balaban J connectivity index is 1.73. The maximum atomic E-state index is 12.4. The molecule has 3 heterocycles. The third-order valence-corrected chi connectivity index (χ3v) is 4.32. The van der Waals surface area contributed by atoms with Gasteiger partial charge < -0.3 is 10.2 Å². The Morgan fingerprint density at radius 1 is 1.44 bits per heavy atom. The molecule has 2 unspecified atom stereocenters. The number of hydrogen-bond acceptors (Lipinski definition) is 3. The van der Waals surface area contributed by atoms with Gasteiger partial charge in [-0.25, -0.2) is 0 Å². The van der Waals surface area contributed by atoms with E-state index in [9.17, 15) is 4.79 Å². The molecule has 1 aromatic rings. The van der Waals surface area contributed by atoms with Crippen molar-refractivity contribution in [2.24, 2.45) is 18.9 Å². The van der Waals surface area contributed by atoms with E-state index in [0.29, 0.717) is 11.6 Å². The number of carbonyl (C=O) groups is 1. The highest BCUT2D eigenvalue weighted by Crippen LogP contribution is 2.27. The Hall–Kier alpha value is -1.36. The lowest BCUT2D eigenvalue weighted by atomic mass is 9.88. The first kappa shape index (κ1) is 11.7. The summed E-state index contributed by atoms with van der Waals surface area (Å²) in [7, 11) is 1.87. The normalized spacial score (nSPS) is 27.3. The molecule has 5 heteroatoms. The Labute approximate surface area is 107 Å². The third kappa shape index (κ3) is 1.92. The van der Waals surface area contributed by atoms with E-state index in [-0.39, 0.29) is 5.91 Å². The number of carbonyl (C=O) groups excluding carboxylic acids is 1. The molecule has 0 radical (unpaired) electrons. The van der Waals surface area contributed by atoms with Crippen LogP contribution in [0.15, 0.2) is 6.07 Å². The van der Waals surface area contributed by atoms with E-state index in [1.54, 1.807) is 4.68 Å². The summed E-state index contributed by atoms with van der Waals surface area (Å²) in [4.78, 5) is 14.4. The lowest BCUT2D eigenvalue weighted by Gasteiger charge is -2.34. The van der Waals surface area contributed by atoms with Crippen LogP contribution >= 0.6 is 0 Å². The van der Waals surface area contributed by atoms with E-state index in [1.165, 1.54) is 0 Å². The predicted octanol–water partition coefficient (Wildman–Crippen LogP) is 0.410. The van der Waals surface area contributed by atoms with E-state index in [1.807, 2.05) is 24.9 Å². The van der Waals surface area contributed by atoms with Crippen LogP contribution in [-0.2, 0) is 7.05 Å². The van der Waals surface area contributed by atoms with Crippen LogP contribution < -0.4 is 5.32 Å². The van der Waals surface area contributed by atoms with Crippen molar-refractivity contribution in [1.82, 2.24) is 20.0 Å². The summed E-state index contributed by atoms with van der Waals surface area (Å²) in [5.74, 6) is 1.48. The molecule has 0 aliphatic carbocycles. The standard InChI is InChI=1S/C13H20N4O/c1-9-5-12(15-16(9)2)13(18)17-4-3-10-6-14-7-11(10)8-17/h5,10-11,14H,3-4,6-8H2,1-2H3. The van der Waals surface area contributed by atoms with Gasteiger partial charge >= 0.3 is 0 Å². The zero-order chi connectivity index (χ0) is 12.7. The summed E-state index contributed by atoms with van der Waals surface area (Å²) in [6.07, 6.45) is 1.12. The summed E-state index contributed by atoms with van der Waals surface area (Å²) in [6, 6.07) is 1.88. The predicted molar refractivity (Wildman–Crippen MR) is 68.3 cm³/mol. The van der Waals surface area contributed by atoms with Gasteiger partial charge in [-0.3, -0.25) is 9.48 Å². The monoisotopic (exact) mass is 248 g/mol. The molecule has 5 nitrogen and oxygen atoms in total. The minimum Gasteiger partial charge on any atom is -0.337 e. The smallest absolute Gasteiger partial charge is 0.274 e. The van der Waals surface area contributed by atoms with Crippen molar-refractivity contribution >= 4 is 5.91 Å². The second-order valence-electron chi connectivity index (χ2n) is 5.51. The van der Waals surface area contributed by atoms with Crippen LogP contribution in [0.1, 0.15) is 22.6 Å². The van der Waals surface area contributed by atoms with Gasteiger partial charge in [0.05, 0.1) is 0 Å². The minimum absolute atomic E-state index is 0.0871. The maximum absolute atomic E-state index is 12.4. The fraction of sp³-hybridized carbons (Fsp3) is 0.692. The van der Waals surface area contributed by atoms with Gasteiger partial charge in [-0.05, 0) is 44.3 Å². The highest BCUT2D eigenvalue weighted by Gasteiger charge is 2.35. The Morgan fingerprint density at radius 3 is 2.94 bits per heavy atom. The summed E-state index contributed by atoms with van der Waals surface area (Å²) >= 11 is 0. The van der Waals surface area contributed by atoms with E-state index in [4.69, 9.17) is 0 Å². The Bertz CT molecular complexity index is 448. The molecular weight excluding hydrogens is 228 g/mol. The molecule has 2 fully saturated rings. The fourth-order valence-corrected chi connectivity index (χ4v) is 3.05. The van der Waals surface area contributed by atoms with Gasteiger partial charge in [0.25, 0.3) is 5.91 Å². The van der Waals surface area contributed by atoms with Crippen molar-refractivity contribution in [3.8, 4) is 0 Å². The van der Waals surface area contributed by atoms with E-state index in [0.717, 1.165) is 44.2 Å². The molecule has 0 aromatic carbocycles. The zero-order valence-corrected chi connectivity index (χ0v) is 11.0. The van der Waals surface area contributed by atoms with Crippen LogP contribution in [0.25, 0.3) is 0 Å². The van der Waals surface area contributed by atoms with Crippen LogP contribution in [0.3, 0.4) is 0 Å². The van der Waals surface area contributed by atoms with Crippen molar-refractivity contribution in [2.45, 2.75) is 13.3 Å². The van der Waals surface area contributed by atoms with Crippen LogP contribution in [0.4, 0.5) is 0 Å². The van der Waals surface area contributed by atoms with Crippen molar-refractivity contribution in [3.05, 3.63) is 17.5 Å². The lowest BCUT2D eigenvalue weighted by Crippen LogP contribution is -2.43. The first-order valence-electron chi connectivity index (χ1n) is 6.66. The number of amides is 1. The van der Waals surface area contributed by atoms with E-state index < -0.39 is 0 Å². The lowest BCUT2D eigenvalue weighted by molar-refractivity contribution is 0.0636. The first-order valence-corrected chi connectivity index (χ1v) is 6.66. The summed E-state index contributed by atoms with van der Waals surface area (Å²) < 4.78 is 1.76. The number of aromatic nitrogens is 2. The number of piperidine rings is 1. The Morgan fingerprint density at radius 2 is 2.22 bits per heavy atom. The topological polar surface area (TPSA) is 50.2 Å². The molecule has 2 saturated heterocycles. The first-order chi connectivity index (χ1) is 8.65. The van der Waals surface area contributed by atoms with Crippen LogP contribution in [-0.4, -0.2) is 46.8 Å². The van der Waals surface area contributed by atoms with E-state index >= 15 is 0 Å². The van der Waals surface area contributed by atoms with Gasteiger partial charge in [-0.15, -0.1) is 0 Å². The molecule has 0 saturated carbocycles. The number of nitrogens with zero attached hydrogens (tertiary/aromatic N) is 3. The summed E-state index contributed by atoms with van der Waals surface area (Å²) in [6.45, 7) is 5.89. The molecule has 2 atom stereocenters. The second kappa shape index (κ2) is 4.39. The molecular formula is C13H20N4O. The van der Waals surface area contributed by atoms with Crippen molar-refractivity contribution in [3.63, 3.8) is 0 Å². The number of hydrogen-bond donors (Lipinski definition) is 1. The molecule has 1 N–H and O–H groups in total. The van der Waals surface area contributed by atoms with Crippen molar-refractivity contribution in [2.75, 3.05) is 26.2 Å². The quantitative estimate of drug-likeness (QED) is 0.783. The van der Waals surface area contributed by atoms with Crippen molar-refractivity contribution in [1.29, 1.82) is 0 Å². The van der Waals surface area contributed by atoms with Gasteiger partial charge in [0.15, 0.2) is 5.69 Å². The zero-order valence-electron chi connectivity index (χ0n) is 11.0. The summed E-state index contributed by atoms with van der Waals surface area (Å²) in [5.41, 5.74) is 1.61. The number of fused-ring (bicyclic) bond motifs is 1. The van der Waals surface area contributed by atoms with Gasteiger partial charge in [-0.2, -0.15) is 5.10 Å². The largest absolute Gasteiger partial charge is 0.337 e. The molecule has 0 spiro atoms. The van der Waals surface area contributed by atoms with Gasteiger partial charge in [0.2, 0.25) is 0 Å². The van der Waals surface area contributed by atoms with Gasteiger partial charge in [0.1, 0.15) is 0 Å². The molecule has 98 valence electrons. The summed E-state index contributed by atoms with van der Waals surface area (Å²) in [5, 5.41) is 7.70. The molecule has 2 aliphatic rings. The molecule has 18 heavy (non-hydrogen) atoms. The highest BCUT2D eigenvalue weighted by molar-refractivity contribution is 5.92. The SMILES string of the molecule is Cc1cc(C(=O)N2CCC3CNCC3C2)nn1C. The molecule has 1 amide bonds. The average Bonchev–Trinajstić information content (AvgIpc) is 2.95. The molecule has 3 rings (SSSR count). The third-order valence-electron chi connectivity index (χ3n) is 4.32. The average molecular weight is 248 g/mol. The van der Waals surface area contributed by atoms with Crippen LogP contribution in [0.2, 0.25) is 0 Å². The fourth-order valence-electron chi connectivity index (χ4n) is 3.05. The number of rotatable bonds is 1. The minimum atomic E-state index is 0.0871. The van der Waals surface area contributed by atoms with Gasteiger partial charge in [0, 0.05) is 25.8 Å². The molecule has 2 aliphatic heterocycles. The Kier molecular flexibility index (Phi) is 2.86. The number of likely N-dealkylation sites (tertiary alicyclic amines) is 1. The highest BCUT2D eigenvalue weighted by atomic mass is 16.2. The molecule has 0 bridgehead atoms. The van der Waals surface area contributed by atoms with E-state index in [2.05, 4.69) is 10.4 Å². The molecule has 1 aromatic heterocycles. The maximum Gasteiger partial charge on any atom is 0.274 e. The van der Waals surface area contributed by atoms with Gasteiger partial charge in [-0.1, -0.05) is 0 Å². The second-order valence-corrected chi connectivity index (χ2v) is 5.51. The number of nitrogens with one attached hydrogen (secondary N) is 1. The number of aryl methyl sites for hydroxylation is 2.